The number of benzene rings is 2. The van der Waals surface area contributed by atoms with E-state index in [4.69, 9.17) is 9.84 Å². The Morgan fingerprint density at radius 2 is 1.86 bits per heavy atom. The molecule has 4 rings (SSSR count). The number of aromatic carboxylic acids is 1. The Morgan fingerprint density at radius 1 is 1.11 bits per heavy atom. The number of carboxylic acid groups (broad SMARTS) is 1. The normalized spacial score (nSPS) is 10.8. The number of Topliss-reactive ketones (excluding diaryl/α,β-unsaturated/α-hetero) is 1. The molecule has 0 aliphatic rings. The molecule has 35 heavy (non-hydrogen) atoms. The van der Waals surface area contributed by atoms with Gasteiger partial charge in [-0.3, -0.25) is 14.4 Å². The van der Waals surface area contributed by atoms with Crippen LogP contribution in [0.1, 0.15) is 48.9 Å². The molecule has 0 bridgehead atoms. The van der Waals surface area contributed by atoms with Gasteiger partial charge in [-0.1, -0.05) is 12.1 Å². The molecule has 0 fully saturated rings. The van der Waals surface area contributed by atoms with Gasteiger partial charge in [0, 0.05) is 18.5 Å². The van der Waals surface area contributed by atoms with E-state index in [9.17, 15) is 19.2 Å². The molecule has 2 aromatic carbocycles. The first kappa shape index (κ1) is 23.8. The second kappa shape index (κ2) is 10.3. The average Bonchev–Trinajstić information content (AvgIpc) is 3.29. The van der Waals surface area contributed by atoms with Crippen molar-refractivity contribution in [1.29, 1.82) is 0 Å². The molecule has 0 spiro atoms. The number of thiophene rings is 1. The lowest BCUT2D eigenvalue weighted by Gasteiger charge is -2.06. The largest absolute Gasteiger partial charge is 0.497 e. The summed E-state index contributed by atoms with van der Waals surface area (Å²) in [6.45, 7) is 0.0768. The quantitative estimate of drug-likeness (QED) is 0.305. The van der Waals surface area contributed by atoms with Crippen molar-refractivity contribution in [2.45, 2.75) is 19.4 Å². The standard InChI is InChI=1S/C25H21N3O6S/c1-34-18-4-2-3-14(11-18)5-10-19(29)21-27-23(31)20-17(13-35-24(20)28-21)12-26-22(30)15-6-8-16(9-7-15)25(32)33/h2-4,6-9,11,13H,5,10,12H2,1H3,(H,26,30)(H,32,33)(H,27,28,31). The van der Waals surface area contributed by atoms with Crippen LogP contribution >= 0.6 is 11.3 Å². The van der Waals surface area contributed by atoms with Crippen molar-refractivity contribution in [3.63, 3.8) is 0 Å². The minimum atomic E-state index is -1.08. The van der Waals surface area contributed by atoms with Crippen molar-refractivity contribution in [3.05, 3.63) is 92.3 Å². The Bertz CT molecular complexity index is 1470. The zero-order valence-corrected chi connectivity index (χ0v) is 19.5. The Hall–Kier alpha value is -4.31. The van der Waals surface area contributed by atoms with Gasteiger partial charge in [0.15, 0.2) is 11.6 Å². The molecule has 0 aliphatic heterocycles. The maximum absolute atomic E-state index is 12.7. The monoisotopic (exact) mass is 491 g/mol. The minimum absolute atomic E-state index is 0.00125. The van der Waals surface area contributed by atoms with Gasteiger partial charge in [-0.2, -0.15) is 0 Å². The lowest BCUT2D eigenvalue weighted by Crippen LogP contribution is -2.23. The molecule has 178 valence electrons. The van der Waals surface area contributed by atoms with Gasteiger partial charge in [0.05, 0.1) is 18.1 Å². The summed E-state index contributed by atoms with van der Waals surface area (Å²) in [7, 11) is 1.58. The summed E-state index contributed by atoms with van der Waals surface area (Å²) >= 11 is 1.22. The molecule has 0 saturated carbocycles. The molecule has 2 heterocycles. The zero-order chi connectivity index (χ0) is 24.9. The first-order chi connectivity index (χ1) is 16.9. The highest BCUT2D eigenvalue weighted by Crippen LogP contribution is 2.22. The van der Waals surface area contributed by atoms with Crippen molar-refractivity contribution in [1.82, 2.24) is 15.3 Å². The number of H-pyrrole nitrogens is 1. The van der Waals surface area contributed by atoms with Crippen LogP contribution in [0.3, 0.4) is 0 Å². The first-order valence-corrected chi connectivity index (χ1v) is 11.5. The van der Waals surface area contributed by atoms with Gasteiger partial charge in [-0.05, 0) is 59.3 Å². The van der Waals surface area contributed by atoms with E-state index in [2.05, 4.69) is 15.3 Å². The van der Waals surface area contributed by atoms with Crippen LogP contribution in [0.25, 0.3) is 10.2 Å². The zero-order valence-electron chi connectivity index (χ0n) is 18.7. The van der Waals surface area contributed by atoms with Gasteiger partial charge < -0.3 is 20.1 Å². The summed E-state index contributed by atoms with van der Waals surface area (Å²) in [5.74, 6) is -1.05. The summed E-state index contributed by atoms with van der Waals surface area (Å²) in [5.41, 5.74) is 1.44. The van der Waals surface area contributed by atoms with E-state index in [0.717, 1.165) is 5.56 Å². The molecule has 10 heteroatoms. The number of rotatable bonds is 9. The van der Waals surface area contributed by atoms with Gasteiger partial charge in [0.25, 0.3) is 11.5 Å². The van der Waals surface area contributed by atoms with Crippen molar-refractivity contribution >= 4 is 39.2 Å². The van der Waals surface area contributed by atoms with E-state index >= 15 is 0 Å². The fourth-order valence-electron chi connectivity index (χ4n) is 3.51. The van der Waals surface area contributed by atoms with E-state index in [1.165, 1.54) is 35.6 Å². The first-order valence-electron chi connectivity index (χ1n) is 10.6. The van der Waals surface area contributed by atoms with E-state index in [1.807, 2.05) is 24.3 Å². The van der Waals surface area contributed by atoms with Gasteiger partial charge in [0.1, 0.15) is 10.6 Å². The van der Waals surface area contributed by atoms with E-state index < -0.39 is 17.4 Å². The lowest BCUT2D eigenvalue weighted by atomic mass is 10.1. The number of carboxylic acids is 1. The predicted molar refractivity (Wildman–Crippen MR) is 130 cm³/mol. The van der Waals surface area contributed by atoms with E-state index in [-0.39, 0.29) is 30.1 Å². The smallest absolute Gasteiger partial charge is 0.335 e. The molecule has 0 aliphatic carbocycles. The maximum atomic E-state index is 12.7. The second-order valence-electron chi connectivity index (χ2n) is 7.70. The minimum Gasteiger partial charge on any atom is -0.497 e. The third-order valence-corrected chi connectivity index (χ3v) is 6.31. The highest BCUT2D eigenvalue weighted by molar-refractivity contribution is 7.16. The maximum Gasteiger partial charge on any atom is 0.335 e. The number of nitrogens with zero attached hydrogens (tertiary/aromatic N) is 1. The molecule has 2 aromatic heterocycles. The van der Waals surface area contributed by atoms with Gasteiger partial charge in [-0.15, -0.1) is 11.3 Å². The van der Waals surface area contributed by atoms with Gasteiger partial charge in [0.2, 0.25) is 0 Å². The number of ketones is 1. The number of aryl methyl sites for hydroxylation is 1. The fraction of sp³-hybridized carbons (Fsp3) is 0.160. The van der Waals surface area contributed by atoms with Gasteiger partial charge >= 0.3 is 5.97 Å². The number of carbonyl (C=O) groups excluding carboxylic acids is 2. The Balaban J connectivity index is 1.44. The Labute approximate surface area is 203 Å². The molecule has 4 aromatic rings. The average molecular weight is 492 g/mol. The highest BCUT2D eigenvalue weighted by atomic mass is 32.1. The van der Waals surface area contributed by atoms with Crippen LogP contribution in [0.15, 0.2) is 58.7 Å². The van der Waals surface area contributed by atoms with Crippen molar-refractivity contribution < 1.29 is 24.2 Å². The SMILES string of the molecule is COc1cccc(CCC(=O)c2nc3scc(CNC(=O)c4ccc(C(=O)O)cc4)c3c(=O)[nH]2)c1. The number of carbonyl (C=O) groups is 3. The van der Waals surface area contributed by atoms with Crippen LogP contribution in [0.4, 0.5) is 0 Å². The van der Waals surface area contributed by atoms with Crippen LogP contribution in [-0.2, 0) is 13.0 Å². The van der Waals surface area contributed by atoms with Crippen LogP contribution in [0.5, 0.6) is 5.75 Å². The number of hydrogen-bond donors (Lipinski definition) is 3. The predicted octanol–water partition coefficient (Wildman–Crippen LogP) is 3.44. The molecule has 0 saturated heterocycles. The lowest BCUT2D eigenvalue weighted by molar-refractivity contribution is 0.0696. The third-order valence-electron chi connectivity index (χ3n) is 5.39. The van der Waals surface area contributed by atoms with Crippen LogP contribution in [0, 0.1) is 0 Å². The molecular formula is C25H21N3O6S. The molecule has 9 nitrogen and oxygen atoms in total. The second-order valence-corrected chi connectivity index (χ2v) is 8.55. The van der Waals surface area contributed by atoms with Crippen LogP contribution in [-0.4, -0.2) is 39.8 Å². The molecular weight excluding hydrogens is 470 g/mol. The number of aromatic nitrogens is 2. The number of fused-ring (bicyclic) bond motifs is 1. The Kier molecular flexibility index (Phi) is 7.02. The summed E-state index contributed by atoms with van der Waals surface area (Å²) in [6, 6.07) is 13.0. The number of nitrogens with one attached hydrogen (secondary N) is 2. The molecule has 0 unspecified atom stereocenters. The molecule has 0 radical (unpaired) electrons. The fourth-order valence-corrected chi connectivity index (χ4v) is 4.46. The van der Waals surface area contributed by atoms with Gasteiger partial charge in [-0.25, -0.2) is 9.78 Å². The molecule has 1 amide bonds. The van der Waals surface area contributed by atoms with E-state index in [0.29, 0.717) is 33.5 Å². The third kappa shape index (κ3) is 5.44. The number of aromatic amines is 1. The summed E-state index contributed by atoms with van der Waals surface area (Å²) in [5, 5.41) is 13.7. The van der Waals surface area contributed by atoms with Crippen molar-refractivity contribution in [2.24, 2.45) is 0 Å². The number of amides is 1. The highest BCUT2D eigenvalue weighted by Gasteiger charge is 2.16. The summed E-state index contributed by atoms with van der Waals surface area (Å²) in [4.78, 5) is 56.1. The van der Waals surface area contributed by atoms with Crippen LogP contribution in [0.2, 0.25) is 0 Å². The van der Waals surface area contributed by atoms with Crippen molar-refractivity contribution in [2.75, 3.05) is 7.11 Å². The van der Waals surface area contributed by atoms with E-state index in [1.54, 1.807) is 12.5 Å². The summed E-state index contributed by atoms with van der Waals surface area (Å²) < 4.78 is 5.19. The number of methoxy groups -OCH3 is 1. The molecule has 0 atom stereocenters. The Morgan fingerprint density at radius 3 is 2.57 bits per heavy atom. The number of ether oxygens (including phenoxy) is 1. The summed E-state index contributed by atoms with van der Waals surface area (Å²) in [6.07, 6.45) is 0.656. The molecule has 3 N–H and O–H groups in total. The van der Waals surface area contributed by atoms with Crippen molar-refractivity contribution in [3.8, 4) is 5.75 Å². The van der Waals surface area contributed by atoms with Crippen LogP contribution < -0.4 is 15.6 Å². The number of hydrogen-bond acceptors (Lipinski definition) is 7. The topological polar surface area (TPSA) is 138 Å².